The zero-order valence-electron chi connectivity index (χ0n) is 10.3. The highest BCUT2D eigenvalue weighted by atomic mass is 16.5. The maximum Gasteiger partial charge on any atom is 0.338 e. The van der Waals surface area contributed by atoms with Crippen molar-refractivity contribution in [3.63, 3.8) is 0 Å². The topological polar surface area (TPSA) is 44.8 Å². The Morgan fingerprint density at radius 2 is 1.61 bits per heavy atom. The summed E-state index contributed by atoms with van der Waals surface area (Å²) < 4.78 is 15.4. The fraction of sp³-hybridized carbons (Fsp3) is 0.214. The van der Waals surface area contributed by atoms with Crippen molar-refractivity contribution >= 4 is 5.97 Å². The van der Waals surface area contributed by atoms with Gasteiger partial charge in [-0.2, -0.15) is 0 Å². The van der Waals surface area contributed by atoms with Gasteiger partial charge in [0.15, 0.2) is 0 Å². The molecule has 0 heterocycles. The highest BCUT2D eigenvalue weighted by molar-refractivity contribution is 5.90. The van der Waals surface area contributed by atoms with Crippen LogP contribution in [0.5, 0.6) is 11.5 Å². The number of hydrogen-bond acceptors (Lipinski definition) is 4. The van der Waals surface area contributed by atoms with E-state index < -0.39 is 5.97 Å². The van der Waals surface area contributed by atoms with E-state index in [1.807, 2.05) is 0 Å². The van der Waals surface area contributed by atoms with Crippen molar-refractivity contribution < 1.29 is 19.0 Å². The van der Waals surface area contributed by atoms with Gasteiger partial charge < -0.3 is 14.2 Å². The van der Waals surface area contributed by atoms with Gasteiger partial charge in [0, 0.05) is 6.07 Å². The van der Waals surface area contributed by atoms with Crippen molar-refractivity contribution in [2.24, 2.45) is 0 Å². The van der Waals surface area contributed by atoms with Gasteiger partial charge in [-0.05, 0) is 12.1 Å². The largest absolute Gasteiger partial charge is 0.489 e. The molecule has 0 aliphatic carbocycles. The molecule has 0 spiro atoms. The van der Waals surface area contributed by atoms with Crippen LogP contribution in [0.25, 0.3) is 0 Å². The Bertz CT molecular complexity index is 407. The maximum atomic E-state index is 11.5. The van der Waals surface area contributed by atoms with E-state index in [4.69, 9.17) is 9.47 Å². The molecule has 0 aromatic heterocycles. The van der Waals surface area contributed by atoms with E-state index in [2.05, 4.69) is 17.9 Å². The lowest BCUT2D eigenvalue weighted by atomic mass is 10.2. The standard InChI is InChI=1S/C14H16O4/c1-4-6-17-12-8-11(14(15)16-3)9-13(10-12)18-7-5-2/h4-5,8-10H,1-2,6-7H2,3H3. The molecule has 96 valence electrons. The van der Waals surface area contributed by atoms with E-state index in [9.17, 15) is 4.79 Å². The van der Waals surface area contributed by atoms with Crippen LogP contribution >= 0.6 is 0 Å². The summed E-state index contributed by atoms with van der Waals surface area (Å²) >= 11 is 0. The summed E-state index contributed by atoms with van der Waals surface area (Å²) in [6.45, 7) is 7.83. The molecule has 0 N–H and O–H groups in total. The number of benzene rings is 1. The summed E-state index contributed by atoms with van der Waals surface area (Å²) in [7, 11) is 1.32. The van der Waals surface area contributed by atoms with Gasteiger partial charge in [0.2, 0.25) is 0 Å². The second-order valence-electron chi connectivity index (χ2n) is 3.38. The van der Waals surface area contributed by atoms with Gasteiger partial charge in [-0.3, -0.25) is 0 Å². The fourth-order valence-electron chi connectivity index (χ4n) is 1.28. The first kappa shape index (κ1) is 13.8. The molecule has 0 unspecified atom stereocenters. The van der Waals surface area contributed by atoms with E-state index in [1.165, 1.54) is 7.11 Å². The van der Waals surface area contributed by atoms with E-state index >= 15 is 0 Å². The predicted octanol–water partition coefficient (Wildman–Crippen LogP) is 2.60. The molecule has 0 amide bonds. The summed E-state index contributed by atoms with van der Waals surface area (Å²) in [5, 5.41) is 0. The van der Waals surface area contributed by atoms with Crippen molar-refractivity contribution in [3.05, 3.63) is 49.1 Å². The molecule has 0 aliphatic rings. The summed E-state index contributed by atoms with van der Waals surface area (Å²) in [5.41, 5.74) is 0.373. The average Bonchev–Trinajstić information content (AvgIpc) is 2.41. The lowest BCUT2D eigenvalue weighted by Gasteiger charge is -2.09. The number of rotatable bonds is 7. The maximum absolute atomic E-state index is 11.5. The summed E-state index contributed by atoms with van der Waals surface area (Å²) in [5.74, 6) is 0.608. The number of hydrogen-bond donors (Lipinski definition) is 0. The first-order valence-electron chi connectivity index (χ1n) is 5.42. The Labute approximate surface area is 106 Å². The van der Waals surface area contributed by atoms with E-state index in [1.54, 1.807) is 30.4 Å². The highest BCUT2D eigenvalue weighted by Gasteiger charge is 2.10. The van der Waals surface area contributed by atoms with Gasteiger partial charge in [-0.15, -0.1) is 0 Å². The lowest BCUT2D eigenvalue weighted by molar-refractivity contribution is 0.0599. The SMILES string of the molecule is C=CCOc1cc(OCC=C)cc(C(=O)OC)c1. The molecule has 18 heavy (non-hydrogen) atoms. The van der Waals surface area contributed by atoms with Crippen LogP contribution < -0.4 is 9.47 Å². The molecule has 1 rings (SSSR count). The molecule has 0 bridgehead atoms. The second-order valence-corrected chi connectivity index (χ2v) is 3.38. The summed E-state index contributed by atoms with van der Waals surface area (Å²) in [6, 6.07) is 4.88. The van der Waals surface area contributed by atoms with E-state index in [0.29, 0.717) is 30.3 Å². The Morgan fingerprint density at radius 3 is 2.00 bits per heavy atom. The molecule has 0 radical (unpaired) electrons. The monoisotopic (exact) mass is 248 g/mol. The first-order valence-corrected chi connectivity index (χ1v) is 5.42. The Balaban J connectivity index is 2.98. The molecule has 0 aliphatic heterocycles. The third-order valence-corrected chi connectivity index (χ3v) is 2.04. The van der Waals surface area contributed by atoms with Gasteiger partial charge in [0.25, 0.3) is 0 Å². The molecule has 0 atom stereocenters. The number of ether oxygens (including phenoxy) is 3. The summed E-state index contributed by atoms with van der Waals surface area (Å²) in [6.07, 6.45) is 3.24. The van der Waals surface area contributed by atoms with Gasteiger partial charge in [0.1, 0.15) is 24.7 Å². The minimum atomic E-state index is -0.442. The van der Waals surface area contributed by atoms with Crippen LogP contribution in [-0.2, 0) is 4.74 Å². The van der Waals surface area contributed by atoms with Crippen LogP contribution in [0.15, 0.2) is 43.5 Å². The quantitative estimate of drug-likeness (QED) is 0.549. The zero-order valence-corrected chi connectivity index (χ0v) is 10.3. The van der Waals surface area contributed by atoms with Crippen LogP contribution in [-0.4, -0.2) is 26.3 Å². The van der Waals surface area contributed by atoms with E-state index in [-0.39, 0.29) is 0 Å². The smallest absolute Gasteiger partial charge is 0.338 e. The van der Waals surface area contributed by atoms with Crippen molar-refractivity contribution in [2.45, 2.75) is 0 Å². The van der Waals surface area contributed by atoms with Gasteiger partial charge in [-0.1, -0.05) is 25.3 Å². The van der Waals surface area contributed by atoms with E-state index in [0.717, 1.165) is 0 Å². The van der Waals surface area contributed by atoms with Crippen molar-refractivity contribution in [2.75, 3.05) is 20.3 Å². The van der Waals surface area contributed by atoms with Crippen LogP contribution in [0.4, 0.5) is 0 Å². The van der Waals surface area contributed by atoms with Crippen molar-refractivity contribution in [1.29, 1.82) is 0 Å². The van der Waals surface area contributed by atoms with Crippen LogP contribution in [0.2, 0.25) is 0 Å². The fourth-order valence-corrected chi connectivity index (χ4v) is 1.28. The Hall–Kier alpha value is -2.23. The Kier molecular flexibility index (Phi) is 5.51. The molecule has 4 heteroatoms. The molecule has 0 saturated heterocycles. The zero-order chi connectivity index (χ0) is 13.4. The summed E-state index contributed by atoms with van der Waals surface area (Å²) in [4.78, 5) is 11.5. The molecule has 1 aromatic rings. The molecular formula is C14H16O4. The van der Waals surface area contributed by atoms with Crippen molar-refractivity contribution in [1.82, 2.24) is 0 Å². The normalized spacial score (nSPS) is 9.39. The highest BCUT2D eigenvalue weighted by Crippen LogP contribution is 2.23. The first-order chi connectivity index (χ1) is 8.71. The van der Waals surface area contributed by atoms with Crippen LogP contribution in [0.1, 0.15) is 10.4 Å². The van der Waals surface area contributed by atoms with Crippen LogP contribution in [0.3, 0.4) is 0 Å². The van der Waals surface area contributed by atoms with Gasteiger partial charge in [-0.25, -0.2) is 4.79 Å². The van der Waals surface area contributed by atoms with Crippen molar-refractivity contribution in [3.8, 4) is 11.5 Å². The van der Waals surface area contributed by atoms with Gasteiger partial charge >= 0.3 is 5.97 Å². The second kappa shape index (κ2) is 7.17. The number of carbonyl (C=O) groups is 1. The number of methoxy groups -OCH3 is 1. The predicted molar refractivity (Wildman–Crippen MR) is 69.2 cm³/mol. The molecule has 4 nitrogen and oxygen atoms in total. The third-order valence-electron chi connectivity index (χ3n) is 2.04. The lowest BCUT2D eigenvalue weighted by Crippen LogP contribution is -2.04. The van der Waals surface area contributed by atoms with Gasteiger partial charge in [0.05, 0.1) is 12.7 Å². The molecule has 0 fully saturated rings. The Morgan fingerprint density at radius 1 is 1.11 bits per heavy atom. The molecular weight excluding hydrogens is 232 g/mol. The minimum Gasteiger partial charge on any atom is -0.489 e. The number of carbonyl (C=O) groups excluding carboxylic acids is 1. The average molecular weight is 248 g/mol. The minimum absolute atomic E-state index is 0.353. The van der Waals surface area contributed by atoms with Crippen LogP contribution in [0, 0.1) is 0 Å². The third kappa shape index (κ3) is 3.97. The number of esters is 1. The molecule has 1 aromatic carbocycles. The molecule has 0 saturated carbocycles.